The molecule has 0 radical (unpaired) electrons. The molecule has 32 heavy (non-hydrogen) atoms. The van der Waals surface area contributed by atoms with Gasteiger partial charge in [-0.3, -0.25) is 4.79 Å². The topological polar surface area (TPSA) is 72.6 Å². The number of amides is 1. The average molecular weight is 441 g/mol. The number of ether oxygens (including phenoxy) is 1. The third-order valence-electron chi connectivity index (χ3n) is 6.87. The number of aromatic nitrogens is 4. The lowest BCUT2D eigenvalue weighted by molar-refractivity contribution is 0.0553. The van der Waals surface area contributed by atoms with Gasteiger partial charge >= 0.3 is 0 Å². The highest BCUT2D eigenvalue weighted by Gasteiger charge is 2.46. The van der Waals surface area contributed by atoms with Crippen LogP contribution in [-0.4, -0.2) is 49.6 Å². The van der Waals surface area contributed by atoms with E-state index in [2.05, 4.69) is 15.1 Å². The third kappa shape index (κ3) is 3.22. The van der Waals surface area contributed by atoms with Gasteiger partial charge in [-0.15, -0.1) is 0 Å². The number of hydrogen-bond donors (Lipinski definition) is 0. The zero-order chi connectivity index (χ0) is 22.6. The zero-order valence-corrected chi connectivity index (χ0v) is 18.3. The number of carbonyl (C=O) groups excluding carboxylic acids is 1. The minimum atomic E-state index is -2.70. The fraction of sp³-hybridized carbons (Fsp3) is 0.478. The summed E-state index contributed by atoms with van der Waals surface area (Å²) >= 11 is 0. The van der Waals surface area contributed by atoms with Crippen molar-refractivity contribution >= 4 is 11.7 Å². The van der Waals surface area contributed by atoms with E-state index < -0.39 is 6.43 Å². The smallest absolute Gasteiger partial charge is 0.280 e. The number of rotatable bonds is 4. The number of alkyl halides is 2. The van der Waals surface area contributed by atoms with Gasteiger partial charge in [-0.1, -0.05) is 0 Å². The molecule has 1 amide bonds. The molecule has 2 aliphatic rings. The van der Waals surface area contributed by atoms with E-state index in [1.807, 2.05) is 30.9 Å². The molecular formula is C23H25F2N5O2. The van der Waals surface area contributed by atoms with Crippen LogP contribution in [0.1, 0.15) is 70.9 Å². The Kier molecular flexibility index (Phi) is 5.06. The van der Waals surface area contributed by atoms with Crippen LogP contribution in [0.2, 0.25) is 0 Å². The van der Waals surface area contributed by atoms with E-state index in [1.165, 1.54) is 12.4 Å². The van der Waals surface area contributed by atoms with Gasteiger partial charge in [0.2, 0.25) is 0 Å². The maximum Gasteiger partial charge on any atom is 0.280 e. The van der Waals surface area contributed by atoms with Gasteiger partial charge in [-0.25, -0.2) is 18.3 Å². The van der Waals surface area contributed by atoms with E-state index in [9.17, 15) is 13.6 Å². The second-order valence-corrected chi connectivity index (χ2v) is 8.72. The molecule has 3 atom stereocenters. The Bertz CT molecular complexity index is 1170. The monoisotopic (exact) mass is 441 g/mol. The van der Waals surface area contributed by atoms with E-state index >= 15 is 0 Å². The van der Waals surface area contributed by atoms with Gasteiger partial charge in [-0.05, 0) is 68.9 Å². The summed E-state index contributed by atoms with van der Waals surface area (Å²) in [6, 6.07) is 5.25. The van der Waals surface area contributed by atoms with E-state index in [1.54, 1.807) is 11.6 Å². The van der Waals surface area contributed by atoms with Crippen LogP contribution in [0.25, 0.3) is 5.78 Å². The summed E-state index contributed by atoms with van der Waals surface area (Å²) in [5.41, 5.74) is 2.80. The molecule has 2 aromatic heterocycles. The normalized spacial score (nSPS) is 22.7. The van der Waals surface area contributed by atoms with Crippen molar-refractivity contribution in [2.24, 2.45) is 0 Å². The van der Waals surface area contributed by atoms with Gasteiger partial charge in [-0.2, -0.15) is 10.1 Å². The second-order valence-electron chi connectivity index (χ2n) is 8.72. The second kappa shape index (κ2) is 7.79. The molecule has 1 aromatic carbocycles. The predicted octanol–water partition coefficient (Wildman–Crippen LogP) is 4.24. The van der Waals surface area contributed by atoms with Crippen molar-refractivity contribution in [2.45, 2.75) is 64.0 Å². The predicted molar refractivity (Wildman–Crippen MR) is 113 cm³/mol. The van der Waals surface area contributed by atoms with Crippen LogP contribution in [0, 0.1) is 13.8 Å². The van der Waals surface area contributed by atoms with Crippen molar-refractivity contribution < 1.29 is 18.3 Å². The molecule has 4 heterocycles. The maximum atomic E-state index is 13.6. The first-order valence-electron chi connectivity index (χ1n) is 10.9. The molecule has 2 bridgehead atoms. The van der Waals surface area contributed by atoms with Crippen LogP contribution in [0.3, 0.4) is 0 Å². The number of hydrogen-bond acceptors (Lipinski definition) is 5. The average Bonchev–Trinajstić information content (AvgIpc) is 3.35. The lowest BCUT2D eigenvalue weighted by Crippen LogP contribution is -2.47. The minimum absolute atomic E-state index is 0.0194. The molecule has 0 aliphatic carbocycles. The molecule has 9 heteroatoms. The summed E-state index contributed by atoms with van der Waals surface area (Å²) in [5, 5.41) is 4.23. The summed E-state index contributed by atoms with van der Waals surface area (Å²) in [6.07, 6.45) is 2.00. The van der Waals surface area contributed by atoms with E-state index in [-0.39, 0.29) is 35.4 Å². The molecule has 0 saturated carbocycles. The Morgan fingerprint density at radius 3 is 2.53 bits per heavy atom. The van der Waals surface area contributed by atoms with E-state index in [0.29, 0.717) is 11.3 Å². The third-order valence-corrected chi connectivity index (χ3v) is 6.87. The number of fused-ring (bicyclic) bond motifs is 3. The summed E-state index contributed by atoms with van der Waals surface area (Å²) in [6.45, 7) is 3.86. The first kappa shape index (κ1) is 20.8. The van der Waals surface area contributed by atoms with Gasteiger partial charge < -0.3 is 9.64 Å². The maximum absolute atomic E-state index is 13.6. The number of carbonyl (C=O) groups is 1. The van der Waals surface area contributed by atoms with Crippen LogP contribution >= 0.6 is 0 Å². The van der Waals surface area contributed by atoms with Gasteiger partial charge in [0, 0.05) is 23.6 Å². The lowest BCUT2D eigenvalue weighted by atomic mass is 9.86. The van der Waals surface area contributed by atoms with Crippen molar-refractivity contribution in [3.63, 3.8) is 0 Å². The van der Waals surface area contributed by atoms with Crippen molar-refractivity contribution in [3.8, 4) is 5.75 Å². The van der Waals surface area contributed by atoms with E-state index in [0.717, 1.165) is 42.6 Å². The molecular weight excluding hydrogens is 416 g/mol. The Morgan fingerprint density at radius 1 is 1.12 bits per heavy atom. The Hall–Kier alpha value is -3.10. The van der Waals surface area contributed by atoms with Crippen LogP contribution < -0.4 is 4.74 Å². The standard InChI is InChI=1S/C23H25F2N5O2/c1-12-8-14(9-13(2)20(12)32-3)22(31)29-15-4-6-16(18(29)7-5-15)19-10-17(21(24)25)28-23-26-11-27-30(19)23/h8-11,15-16,18,21H,4-7H2,1-3H3/t15-,16-,18-/m0/s1. The fourth-order valence-corrected chi connectivity index (χ4v) is 5.59. The molecule has 2 saturated heterocycles. The minimum Gasteiger partial charge on any atom is -0.496 e. The molecule has 3 aromatic rings. The van der Waals surface area contributed by atoms with Crippen LogP contribution in [0.15, 0.2) is 24.5 Å². The number of aryl methyl sites for hydroxylation is 2. The summed E-state index contributed by atoms with van der Waals surface area (Å²) in [5.74, 6) is 0.819. The zero-order valence-electron chi connectivity index (χ0n) is 18.3. The first-order valence-corrected chi connectivity index (χ1v) is 10.9. The molecule has 2 fully saturated rings. The SMILES string of the molecule is COc1c(C)cc(C(=O)N2[C@H]3CC[C@H](c4cc(C(F)F)nc5ncnn45)[C@@H]2CC3)cc1C. The number of halogens is 2. The van der Waals surface area contributed by atoms with Crippen LogP contribution in [0.5, 0.6) is 5.75 Å². The largest absolute Gasteiger partial charge is 0.496 e. The highest BCUT2D eigenvalue weighted by molar-refractivity contribution is 5.95. The highest BCUT2D eigenvalue weighted by atomic mass is 19.3. The fourth-order valence-electron chi connectivity index (χ4n) is 5.59. The van der Waals surface area contributed by atoms with Gasteiger partial charge in [0.15, 0.2) is 0 Å². The van der Waals surface area contributed by atoms with Gasteiger partial charge in [0.25, 0.3) is 18.1 Å². The van der Waals surface area contributed by atoms with Gasteiger partial charge in [0.1, 0.15) is 17.8 Å². The summed E-state index contributed by atoms with van der Waals surface area (Å²) in [4.78, 5) is 23.6. The molecule has 5 rings (SSSR count). The summed E-state index contributed by atoms with van der Waals surface area (Å²) in [7, 11) is 1.62. The van der Waals surface area contributed by atoms with E-state index in [4.69, 9.17) is 4.74 Å². The van der Waals surface area contributed by atoms with Crippen molar-refractivity contribution in [1.29, 1.82) is 0 Å². The van der Waals surface area contributed by atoms with Crippen molar-refractivity contribution in [2.75, 3.05) is 7.11 Å². The quantitative estimate of drug-likeness (QED) is 0.606. The number of nitrogens with zero attached hydrogens (tertiary/aromatic N) is 5. The first-order chi connectivity index (χ1) is 15.4. The number of benzene rings is 1. The van der Waals surface area contributed by atoms with Crippen LogP contribution in [-0.2, 0) is 0 Å². The Morgan fingerprint density at radius 2 is 1.84 bits per heavy atom. The molecule has 168 valence electrons. The highest BCUT2D eigenvalue weighted by Crippen LogP contribution is 2.45. The van der Waals surface area contributed by atoms with Crippen molar-refractivity contribution in [3.05, 3.63) is 52.6 Å². The summed E-state index contributed by atoms with van der Waals surface area (Å²) < 4.78 is 34.0. The van der Waals surface area contributed by atoms with Crippen LogP contribution in [0.4, 0.5) is 8.78 Å². The molecule has 0 spiro atoms. The number of methoxy groups -OCH3 is 1. The van der Waals surface area contributed by atoms with Crippen molar-refractivity contribution in [1.82, 2.24) is 24.5 Å². The Balaban J connectivity index is 1.54. The van der Waals surface area contributed by atoms with Gasteiger partial charge in [0.05, 0.1) is 12.8 Å². The molecule has 0 unspecified atom stereocenters. The Labute approximate surface area is 184 Å². The molecule has 2 aliphatic heterocycles. The molecule has 7 nitrogen and oxygen atoms in total. The number of piperidine rings is 1. The lowest BCUT2D eigenvalue weighted by Gasteiger charge is -2.40. The molecule has 0 N–H and O–H groups in total.